The van der Waals surface area contributed by atoms with Gasteiger partial charge in [-0.3, -0.25) is 19.3 Å². The number of nitrogens with zero attached hydrogens (tertiary/aromatic N) is 3. The Balaban J connectivity index is 1.30. The molecule has 1 aromatic heterocycles. The van der Waals surface area contributed by atoms with Crippen LogP contribution in [0.3, 0.4) is 0 Å². The monoisotopic (exact) mass is 789 g/mol. The molecule has 0 aliphatic carbocycles. The molecule has 0 saturated carbocycles. The summed E-state index contributed by atoms with van der Waals surface area (Å²) < 4.78 is 5.01. The van der Waals surface area contributed by atoms with Crippen LogP contribution in [0.5, 0.6) is 0 Å². The number of thiazole rings is 1. The van der Waals surface area contributed by atoms with E-state index < -0.39 is 40.7 Å². The molecule has 15 heteroatoms. The lowest BCUT2D eigenvalue weighted by Gasteiger charge is -2.49. The average Bonchev–Trinajstić information content (AvgIpc) is 3.62. The highest BCUT2D eigenvalue weighted by Gasteiger charge is 2.54. The van der Waals surface area contributed by atoms with Crippen molar-refractivity contribution in [1.82, 2.24) is 15.2 Å². The second kappa shape index (κ2) is 15.9. The number of ether oxygens (including phenoxy) is 1. The van der Waals surface area contributed by atoms with E-state index in [-0.39, 0.29) is 36.1 Å². The molecule has 2 aliphatic rings. The number of halogens is 1. The number of carbonyl (C=O) groups excluding carboxylic acids is 3. The molecule has 0 radical (unpaired) electrons. The number of carbonyl (C=O) groups is 4. The zero-order valence-electron chi connectivity index (χ0n) is 27.2. The van der Waals surface area contributed by atoms with Crippen LogP contribution in [0.2, 0.25) is 0 Å². The average molecular weight is 791 g/mol. The lowest BCUT2D eigenvalue weighted by molar-refractivity contribution is -0.150. The van der Waals surface area contributed by atoms with Crippen LogP contribution >= 0.6 is 39.0 Å². The number of anilines is 1. The number of esters is 1. The van der Waals surface area contributed by atoms with Gasteiger partial charge in [0.25, 0.3) is 11.8 Å². The Labute approximate surface area is 310 Å². The number of alkyl halides is 1. The van der Waals surface area contributed by atoms with Gasteiger partial charge >= 0.3 is 11.9 Å². The standard InChI is InChI=1S/C36H32BrN5O7S2/c1-22(43)48-19-23-20-50-33-29(32(45)42(33)30(23)34(46)47)39-31(44)28(41-49-18-17-37)27-21-51-35(38-27)40-36(24-11-5-2-6-12-24,25-13-7-3-8-14-25)26-15-9-4-10-16-26/h2-16,21,29,33H,17-20H2,1H3,(H,38,40)(H,39,44)(H,46,47)/t29?,33-/m1/s1. The van der Waals surface area contributed by atoms with Crippen molar-refractivity contribution in [2.75, 3.05) is 29.6 Å². The number of aliphatic carboxylic acids is 1. The number of amides is 2. The smallest absolute Gasteiger partial charge is 0.352 e. The van der Waals surface area contributed by atoms with Gasteiger partial charge in [0.1, 0.15) is 41.6 Å². The summed E-state index contributed by atoms with van der Waals surface area (Å²) in [6.45, 7) is 1.13. The Morgan fingerprint density at radius 3 is 2.12 bits per heavy atom. The van der Waals surface area contributed by atoms with Crippen molar-refractivity contribution in [1.29, 1.82) is 0 Å². The summed E-state index contributed by atoms with van der Waals surface area (Å²) in [5, 5.41) is 22.4. The number of nitrogens with one attached hydrogen (secondary N) is 2. The van der Waals surface area contributed by atoms with Crippen LogP contribution in [0.4, 0.5) is 5.13 Å². The Bertz CT molecular complexity index is 1880. The molecule has 1 saturated heterocycles. The molecule has 2 atom stereocenters. The van der Waals surface area contributed by atoms with E-state index in [0.717, 1.165) is 21.6 Å². The number of carboxylic acids is 1. The first-order valence-corrected chi connectivity index (χ1v) is 18.8. The first kappa shape index (κ1) is 35.8. The van der Waals surface area contributed by atoms with Crippen LogP contribution in [0.1, 0.15) is 29.3 Å². The van der Waals surface area contributed by atoms with Crippen molar-refractivity contribution >= 4 is 73.6 Å². The molecule has 4 aromatic rings. The second-order valence-electron chi connectivity index (χ2n) is 11.4. The van der Waals surface area contributed by atoms with Crippen LogP contribution in [0.15, 0.2) is 113 Å². The summed E-state index contributed by atoms with van der Waals surface area (Å²) in [4.78, 5) is 61.9. The fourth-order valence-electron chi connectivity index (χ4n) is 5.92. The number of β-lactam (4-membered cyclic amide) rings is 1. The summed E-state index contributed by atoms with van der Waals surface area (Å²) in [5.41, 5.74) is 2.14. The van der Waals surface area contributed by atoms with Gasteiger partial charge in [-0.25, -0.2) is 9.78 Å². The van der Waals surface area contributed by atoms with Crippen molar-refractivity contribution < 1.29 is 33.9 Å². The van der Waals surface area contributed by atoms with Gasteiger partial charge in [-0.1, -0.05) is 112 Å². The lowest BCUT2D eigenvalue weighted by Crippen LogP contribution is -2.71. The molecule has 51 heavy (non-hydrogen) atoms. The topological polar surface area (TPSA) is 160 Å². The van der Waals surface area contributed by atoms with Gasteiger partial charge < -0.3 is 25.3 Å². The minimum atomic E-state index is -1.33. The molecule has 1 fully saturated rings. The van der Waals surface area contributed by atoms with Gasteiger partial charge in [0, 0.05) is 29.0 Å². The molecular formula is C36H32BrN5O7S2. The maximum atomic E-state index is 13.8. The molecule has 12 nitrogen and oxygen atoms in total. The van der Waals surface area contributed by atoms with Crippen molar-refractivity contribution in [3.8, 4) is 0 Å². The highest BCUT2D eigenvalue weighted by atomic mass is 79.9. The van der Waals surface area contributed by atoms with E-state index in [1.807, 2.05) is 91.0 Å². The van der Waals surface area contributed by atoms with Crippen molar-refractivity contribution in [3.63, 3.8) is 0 Å². The number of thioether (sulfide) groups is 1. The zero-order chi connectivity index (χ0) is 36.0. The molecular weight excluding hydrogens is 758 g/mol. The fraction of sp³-hybridized carbons (Fsp3) is 0.222. The van der Waals surface area contributed by atoms with Crippen molar-refractivity contribution in [3.05, 3.63) is 130 Å². The van der Waals surface area contributed by atoms with Crippen molar-refractivity contribution in [2.45, 2.75) is 23.9 Å². The van der Waals surface area contributed by atoms with Gasteiger partial charge in [0.2, 0.25) is 0 Å². The van der Waals surface area contributed by atoms with E-state index in [9.17, 15) is 24.3 Å². The van der Waals surface area contributed by atoms with E-state index in [1.54, 1.807) is 5.38 Å². The summed E-state index contributed by atoms with van der Waals surface area (Å²) in [7, 11) is 0. The lowest BCUT2D eigenvalue weighted by atomic mass is 9.77. The maximum Gasteiger partial charge on any atom is 0.352 e. The Morgan fingerprint density at radius 1 is 1.00 bits per heavy atom. The summed E-state index contributed by atoms with van der Waals surface area (Å²) in [6.07, 6.45) is 0. The predicted molar refractivity (Wildman–Crippen MR) is 198 cm³/mol. The van der Waals surface area contributed by atoms with E-state index in [0.29, 0.717) is 16.0 Å². The molecule has 3 heterocycles. The number of carboxylic acid groups (broad SMARTS) is 1. The summed E-state index contributed by atoms with van der Waals surface area (Å²) >= 11 is 5.83. The van der Waals surface area contributed by atoms with Crippen molar-refractivity contribution in [2.24, 2.45) is 5.16 Å². The Hall–Kier alpha value is -4.99. The molecule has 2 aliphatic heterocycles. The van der Waals surface area contributed by atoms with Crippen LogP contribution < -0.4 is 10.6 Å². The van der Waals surface area contributed by atoms with Gasteiger partial charge in [-0.15, -0.1) is 23.1 Å². The van der Waals surface area contributed by atoms with E-state index in [4.69, 9.17) is 14.6 Å². The van der Waals surface area contributed by atoms with E-state index in [2.05, 4.69) is 31.7 Å². The minimum Gasteiger partial charge on any atom is -0.477 e. The number of oxime groups is 1. The van der Waals surface area contributed by atoms with Gasteiger partial charge in [-0.2, -0.15) is 0 Å². The molecule has 6 rings (SSSR count). The molecule has 1 unspecified atom stereocenters. The SMILES string of the molecule is CC(=O)OCC1=C(C(=O)O)N2C(=O)C(NC(=O)C(=NOCCBr)c3csc(NC(c4ccccc4)(c4ccccc4)c4ccccc4)n3)[C@H]2SC1. The minimum absolute atomic E-state index is 0.151. The third-order valence-corrected chi connectivity index (χ3v) is 10.6. The predicted octanol–water partition coefficient (Wildman–Crippen LogP) is 4.96. The molecule has 3 aromatic carbocycles. The van der Waals surface area contributed by atoms with E-state index in [1.165, 1.54) is 30.0 Å². The fourth-order valence-corrected chi connectivity index (χ4v) is 8.15. The zero-order valence-corrected chi connectivity index (χ0v) is 30.4. The largest absolute Gasteiger partial charge is 0.477 e. The first-order valence-electron chi connectivity index (χ1n) is 15.8. The highest BCUT2D eigenvalue weighted by Crippen LogP contribution is 2.42. The molecule has 262 valence electrons. The van der Waals surface area contributed by atoms with Crippen LogP contribution in [0.25, 0.3) is 0 Å². The molecule has 0 bridgehead atoms. The van der Waals surface area contributed by atoms with Gasteiger partial charge in [0.05, 0.1) is 0 Å². The number of rotatable bonds is 14. The Morgan fingerprint density at radius 2 is 1.59 bits per heavy atom. The van der Waals surface area contributed by atoms with Crippen LogP contribution in [-0.2, 0) is 34.3 Å². The van der Waals surface area contributed by atoms with E-state index >= 15 is 0 Å². The number of aromatic nitrogens is 1. The number of hydrogen-bond donors (Lipinski definition) is 3. The third-order valence-electron chi connectivity index (χ3n) is 8.19. The first-order chi connectivity index (χ1) is 24.7. The maximum absolute atomic E-state index is 13.8. The van der Waals surface area contributed by atoms with Crippen LogP contribution in [0, 0.1) is 0 Å². The number of benzene rings is 3. The highest BCUT2D eigenvalue weighted by molar-refractivity contribution is 9.09. The third kappa shape index (κ3) is 7.41. The van der Waals surface area contributed by atoms with Gasteiger partial charge in [0.15, 0.2) is 10.8 Å². The Kier molecular flexibility index (Phi) is 11.2. The summed E-state index contributed by atoms with van der Waals surface area (Å²) in [5.74, 6) is -3.03. The van der Waals surface area contributed by atoms with Crippen LogP contribution in [-0.4, -0.2) is 80.2 Å². The molecule has 2 amide bonds. The second-order valence-corrected chi connectivity index (χ2v) is 14.1. The summed E-state index contributed by atoms with van der Waals surface area (Å²) in [6, 6.07) is 29.0. The normalized spacial score (nSPS) is 17.3. The molecule has 0 spiro atoms. The number of fused-ring (bicyclic) bond motifs is 1. The van der Waals surface area contributed by atoms with Gasteiger partial charge in [-0.05, 0) is 16.7 Å². The quantitative estimate of drug-likeness (QED) is 0.0303. The number of hydrogen-bond acceptors (Lipinski definition) is 11. The molecule has 3 N–H and O–H groups in total.